The Bertz CT molecular complexity index is 1770. The smallest absolute Gasteiger partial charge is 0.255 e. The molecule has 1 aromatic heterocycles. The highest BCUT2D eigenvalue weighted by molar-refractivity contribution is 7.98. The number of amides is 1. The Morgan fingerprint density at radius 3 is 2.30 bits per heavy atom. The molecule has 1 unspecified atom stereocenters. The van der Waals surface area contributed by atoms with Crippen LogP contribution in [0.5, 0.6) is 5.75 Å². The van der Waals surface area contributed by atoms with E-state index in [0.717, 1.165) is 45.1 Å². The first-order chi connectivity index (χ1) is 20.9. The second-order valence-electron chi connectivity index (χ2n) is 10.6. The highest BCUT2D eigenvalue weighted by Gasteiger charge is 2.34. The number of rotatable bonds is 9. The van der Waals surface area contributed by atoms with Crippen molar-refractivity contribution in [2.75, 3.05) is 10.6 Å². The van der Waals surface area contributed by atoms with Crippen molar-refractivity contribution in [3.8, 4) is 5.75 Å². The summed E-state index contributed by atoms with van der Waals surface area (Å²) < 4.78 is 7.85. The van der Waals surface area contributed by atoms with Crippen LogP contribution in [0.1, 0.15) is 40.8 Å². The van der Waals surface area contributed by atoms with Gasteiger partial charge < -0.3 is 15.4 Å². The van der Waals surface area contributed by atoms with E-state index < -0.39 is 6.04 Å². The Balaban J connectivity index is 1.30. The van der Waals surface area contributed by atoms with Crippen LogP contribution < -0.4 is 15.4 Å². The molecule has 1 atom stereocenters. The third-order valence-electron chi connectivity index (χ3n) is 7.36. The largest absolute Gasteiger partial charge is 0.489 e. The number of nitrogens with one attached hydrogen (secondary N) is 2. The molecular formula is C35H33N5O2S. The van der Waals surface area contributed by atoms with E-state index in [1.165, 1.54) is 5.56 Å². The third kappa shape index (κ3) is 6.49. The monoisotopic (exact) mass is 587 g/mol. The van der Waals surface area contributed by atoms with Crippen LogP contribution in [0.15, 0.2) is 120 Å². The topological polar surface area (TPSA) is 81.1 Å². The SMILES string of the molecule is CC1=C(C(=O)Nc2ccc(C)cc2C)C(c2ccc(OCc3ccccc3)cc2)n2nc(SCc3ccccc3)nc2N1. The summed E-state index contributed by atoms with van der Waals surface area (Å²) in [5, 5.41) is 12.0. The molecule has 5 aromatic rings. The van der Waals surface area contributed by atoms with Crippen molar-refractivity contribution in [3.63, 3.8) is 0 Å². The fourth-order valence-corrected chi connectivity index (χ4v) is 5.93. The lowest BCUT2D eigenvalue weighted by Gasteiger charge is -2.29. The molecule has 0 saturated carbocycles. The van der Waals surface area contributed by atoms with Crippen molar-refractivity contribution in [1.82, 2.24) is 14.8 Å². The van der Waals surface area contributed by atoms with Gasteiger partial charge in [-0.3, -0.25) is 4.79 Å². The molecule has 4 aromatic carbocycles. The van der Waals surface area contributed by atoms with Gasteiger partial charge in [0.15, 0.2) is 0 Å². The normalized spacial score (nSPS) is 14.2. The number of hydrogen-bond donors (Lipinski definition) is 2. The van der Waals surface area contributed by atoms with Crippen LogP contribution in [0.25, 0.3) is 0 Å². The molecule has 216 valence electrons. The molecular weight excluding hydrogens is 554 g/mol. The zero-order valence-electron chi connectivity index (χ0n) is 24.4. The highest BCUT2D eigenvalue weighted by atomic mass is 32.2. The summed E-state index contributed by atoms with van der Waals surface area (Å²) in [6.45, 7) is 6.43. The van der Waals surface area contributed by atoms with E-state index in [1.54, 1.807) is 11.8 Å². The van der Waals surface area contributed by atoms with Crippen LogP contribution in [-0.4, -0.2) is 20.7 Å². The predicted octanol–water partition coefficient (Wildman–Crippen LogP) is 7.69. The van der Waals surface area contributed by atoms with Gasteiger partial charge in [-0.25, -0.2) is 4.68 Å². The Morgan fingerprint density at radius 2 is 1.60 bits per heavy atom. The molecule has 7 nitrogen and oxygen atoms in total. The van der Waals surface area contributed by atoms with E-state index in [-0.39, 0.29) is 5.91 Å². The van der Waals surface area contributed by atoms with Gasteiger partial charge in [0.2, 0.25) is 11.1 Å². The molecule has 1 amide bonds. The summed E-state index contributed by atoms with van der Waals surface area (Å²) in [6.07, 6.45) is 0. The number of allylic oxidation sites excluding steroid dienone is 1. The van der Waals surface area contributed by atoms with Crippen LogP contribution in [0.4, 0.5) is 11.6 Å². The number of ether oxygens (including phenoxy) is 1. The summed E-state index contributed by atoms with van der Waals surface area (Å²) >= 11 is 1.57. The van der Waals surface area contributed by atoms with Gasteiger partial charge in [-0.1, -0.05) is 102 Å². The van der Waals surface area contributed by atoms with Crippen LogP contribution >= 0.6 is 11.8 Å². The number of fused-ring (bicyclic) bond motifs is 1. The quantitative estimate of drug-likeness (QED) is 0.172. The maximum atomic E-state index is 14.0. The summed E-state index contributed by atoms with van der Waals surface area (Å²) in [4.78, 5) is 18.7. The Labute approximate surface area is 256 Å². The third-order valence-corrected chi connectivity index (χ3v) is 8.27. The maximum absolute atomic E-state index is 14.0. The van der Waals surface area contributed by atoms with Gasteiger partial charge >= 0.3 is 0 Å². The highest BCUT2D eigenvalue weighted by Crippen LogP contribution is 2.38. The average molecular weight is 588 g/mol. The lowest BCUT2D eigenvalue weighted by atomic mass is 9.94. The van der Waals surface area contributed by atoms with E-state index in [2.05, 4.69) is 28.8 Å². The molecule has 0 fully saturated rings. The van der Waals surface area contributed by atoms with Crippen molar-refractivity contribution in [2.45, 2.75) is 44.3 Å². The Kier molecular flexibility index (Phi) is 8.29. The molecule has 0 saturated heterocycles. The van der Waals surface area contributed by atoms with E-state index in [1.807, 2.05) is 110 Å². The first-order valence-corrected chi connectivity index (χ1v) is 15.2. The summed E-state index contributed by atoms with van der Waals surface area (Å²) in [6, 6.07) is 33.7. The molecule has 0 spiro atoms. The molecule has 8 heteroatoms. The molecule has 1 aliphatic rings. The minimum Gasteiger partial charge on any atom is -0.489 e. The van der Waals surface area contributed by atoms with E-state index in [0.29, 0.717) is 23.3 Å². The fourth-order valence-electron chi connectivity index (χ4n) is 5.15. The molecule has 0 aliphatic carbocycles. The van der Waals surface area contributed by atoms with Crippen LogP contribution in [0.3, 0.4) is 0 Å². The van der Waals surface area contributed by atoms with E-state index in [9.17, 15) is 4.79 Å². The number of hydrogen-bond acceptors (Lipinski definition) is 6. The lowest BCUT2D eigenvalue weighted by Crippen LogP contribution is -2.31. The van der Waals surface area contributed by atoms with Crippen LogP contribution in [0, 0.1) is 13.8 Å². The zero-order valence-corrected chi connectivity index (χ0v) is 25.2. The number of carbonyl (C=O) groups excluding carboxylic acids is 1. The summed E-state index contributed by atoms with van der Waals surface area (Å²) in [7, 11) is 0. The second kappa shape index (κ2) is 12.6. The van der Waals surface area contributed by atoms with Gasteiger partial charge in [-0.05, 0) is 61.2 Å². The van der Waals surface area contributed by atoms with Gasteiger partial charge in [0, 0.05) is 17.1 Å². The number of anilines is 2. The number of thioether (sulfide) groups is 1. The number of benzene rings is 4. The first kappa shape index (κ1) is 28.3. The number of aromatic nitrogens is 3. The number of aryl methyl sites for hydroxylation is 2. The number of carbonyl (C=O) groups is 1. The van der Waals surface area contributed by atoms with Crippen molar-refractivity contribution >= 4 is 29.3 Å². The van der Waals surface area contributed by atoms with Crippen LogP contribution in [-0.2, 0) is 17.2 Å². The molecule has 0 bridgehead atoms. The van der Waals surface area contributed by atoms with Gasteiger partial charge in [0.05, 0.1) is 5.57 Å². The summed E-state index contributed by atoms with van der Waals surface area (Å²) in [5.41, 5.74) is 7.44. The Hall–Kier alpha value is -4.82. The minimum atomic E-state index is -0.483. The molecule has 43 heavy (non-hydrogen) atoms. The van der Waals surface area contributed by atoms with Gasteiger partial charge in [-0.15, -0.1) is 5.10 Å². The van der Waals surface area contributed by atoms with E-state index in [4.69, 9.17) is 14.8 Å². The Morgan fingerprint density at radius 1 is 0.907 bits per heavy atom. The average Bonchev–Trinajstić information content (AvgIpc) is 3.43. The van der Waals surface area contributed by atoms with Crippen LogP contribution in [0.2, 0.25) is 0 Å². The minimum absolute atomic E-state index is 0.189. The van der Waals surface area contributed by atoms with Crippen molar-refractivity contribution in [2.24, 2.45) is 0 Å². The van der Waals surface area contributed by atoms with Gasteiger partial charge in [-0.2, -0.15) is 4.98 Å². The molecule has 1 aliphatic heterocycles. The zero-order chi connectivity index (χ0) is 29.8. The summed E-state index contributed by atoms with van der Waals surface area (Å²) in [5.74, 6) is 1.91. The van der Waals surface area contributed by atoms with Gasteiger partial charge in [0.25, 0.3) is 5.91 Å². The maximum Gasteiger partial charge on any atom is 0.255 e. The first-order valence-electron chi connectivity index (χ1n) is 14.2. The predicted molar refractivity (Wildman–Crippen MR) is 172 cm³/mol. The fraction of sp³-hybridized carbons (Fsp3) is 0.171. The van der Waals surface area contributed by atoms with Gasteiger partial charge in [0.1, 0.15) is 18.4 Å². The molecule has 0 radical (unpaired) electrons. The molecule has 6 rings (SSSR count). The van der Waals surface area contributed by atoms with E-state index >= 15 is 0 Å². The van der Waals surface area contributed by atoms with Crippen molar-refractivity contribution < 1.29 is 9.53 Å². The second-order valence-corrected chi connectivity index (χ2v) is 11.6. The number of nitrogens with zero attached hydrogens (tertiary/aromatic N) is 3. The van der Waals surface area contributed by atoms with Crippen molar-refractivity contribution in [1.29, 1.82) is 0 Å². The van der Waals surface area contributed by atoms with Crippen molar-refractivity contribution in [3.05, 3.63) is 142 Å². The standard InChI is InChI=1S/C35H33N5O2S/c1-23-14-19-30(24(2)20-23)37-33(41)31-25(3)36-34-38-35(43-22-27-12-8-5-9-13-27)39-40(34)32(31)28-15-17-29(18-16-28)42-21-26-10-6-4-7-11-26/h4-20,32H,21-22H2,1-3H3,(H,37,41)(H,36,38,39). The molecule has 2 heterocycles. The lowest BCUT2D eigenvalue weighted by molar-refractivity contribution is -0.113. The molecule has 2 N–H and O–H groups in total.